The molecule has 0 aromatic heterocycles. The van der Waals surface area contributed by atoms with Gasteiger partial charge in [-0.15, -0.1) is 11.8 Å². The van der Waals surface area contributed by atoms with Gasteiger partial charge in [-0.25, -0.2) is 4.99 Å². The minimum absolute atomic E-state index is 0.966. The summed E-state index contributed by atoms with van der Waals surface area (Å²) in [5, 5.41) is 3.15. The predicted octanol–water partition coefficient (Wildman–Crippen LogP) is 7.42. The summed E-state index contributed by atoms with van der Waals surface area (Å²) in [6, 6.07) is 18.7. The van der Waals surface area contributed by atoms with Gasteiger partial charge in [0.15, 0.2) is 0 Å². The lowest BCUT2D eigenvalue weighted by atomic mass is 10.2. The molecule has 2 aromatic rings. The first-order valence-corrected chi connectivity index (χ1v) is 10.2. The lowest BCUT2D eigenvalue weighted by molar-refractivity contribution is 1.24. The van der Waals surface area contributed by atoms with Crippen LogP contribution in [-0.4, -0.2) is 10.8 Å². The molecule has 0 N–H and O–H groups in total. The van der Waals surface area contributed by atoms with Crippen LogP contribution in [0.5, 0.6) is 0 Å². The number of hydrogen-bond acceptors (Lipinski definition) is 3. The molecular formula is C22H25NS2. The number of aryl methyl sites for hydroxylation is 1. The molecule has 0 atom stereocenters. The van der Waals surface area contributed by atoms with Gasteiger partial charge in [0, 0.05) is 10.6 Å². The van der Waals surface area contributed by atoms with Crippen LogP contribution in [0.3, 0.4) is 0 Å². The summed E-state index contributed by atoms with van der Waals surface area (Å²) in [5.74, 6) is 0.966. The highest BCUT2D eigenvalue weighted by Gasteiger charge is 2.01. The molecule has 0 amide bonds. The SMILES string of the molecule is CC(C)=C(C)CSC(C=CSc1ccccc1)=Nc1ccc(C)cc1. The van der Waals surface area contributed by atoms with Crippen molar-refractivity contribution in [2.45, 2.75) is 32.6 Å². The van der Waals surface area contributed by atoms with E-state index in [9.17, 15) is 0 Å². The average molecular weight is 368 g/mol. The second-order valence-corrected chi connectivity index (χ2v) is 8.06. The summed E-state index contributed by atoms with van der Waals surface area (Å²) in [6.45, 7) is 8.60. The molecule has 0 unspecified atom stereocenters. The molecule has 0 heterocycles. The van der Waals surface area contributed by atoms with Crippen molar-refractivity contribution < 1.29 is 0 Å². The third-order valence-corrected chi connectivity index (χ3v) is 5.64. The molecule has 0 saturated carbocycles. The molecular weight excluding hydrogens is 342 g/mol. The van der Waals surface area contributed by atoms with E-state index in [1.807, 2.05) is 6.07 Å². The molecule has 0 fully saturated rings. The molecule has 0 aliphatic carbocycles. The first-order chi connectivity index (χ1) is 12.0. The number of nitrogens with zero attached hydrogens (tertiary/aromatic N) is 1. The standard InChI is InChI=1S/C22H25NS2/c1-17(2)19(4)16-25-22(23-20-12-10-18(3)11-13-20)14-15-24-21-8-6-5-7-9-21/h5-15H,16H2,1-4H3. The number of thioether (sulfide) groups is 2. The van der Waals surface area contributed by atoms with Gasteiger partial charge >= 0.3 is 0 Å². The van der Waals surface area contributed by atoms with Crippen LogP contribution in [0.2, 0.25) is 0 Å². The first-order valence-electron chi connectivity index (χ1n) is 8.34. The van der Waals surface area contributed by atoms with Gasteiger partial charge in [-0.3, -0.25) is 0 Å². The Morgan fingerprint density at radius 1 is 0.960 bits per heavy atom. The highest BCUT2D eigenvalue weighted by molar-refractivity contribution is 8.14. The molecule has 130 valence electrons. The van der Waals surface area contributed by atoms with Gasteiger partial charge in [0.25, 0.3) is 0 Å². The molecule has 2 aromatic carbocycles. The summed E-state index contributed by atoms with van der Waals surface area (Å²) in [5.41, 5.74) is 5.04. The molecule has 0 saturated heterocycles. The van der Waals surface area contributed by atoms with Gasteiger partial charge in [0.2, 0.25) is 0 Å². The Hall–Kier alpha value is -1.71. The van der Waals surface area contributed by atoms with Gasteiger partial charge in [0.1, 0.15) is 0 Å². The Morgan fingerprint density at radius 2 is 1.64 bits per heavy atom. The van der Waals surface area contributed by atoms with Crippen LogP contribution in [0.1, 0.15) is 26.3 Å². The fourth-order valence-corrected chi connectivity index (χ4v) is 3.60. The predicted molar refractivity (Wildman–Crippen MR) is 116 cm³/mol. The van der Waals surface area contributed by atoms with E-state index in [0.29, 0.717) is 0 Å². The van der Waals surface area contributed by atoms with E-state index in [1.54, 1.807) is 23.5 Å². The van der Waals surface area contributed by atoms with E-state index in [2.05, 4.69) is 87.7 Å². The van der Waals surface area contributed by atoms with E-state index in [4.69, 9.17) is 4.99 Å². The van der Waals surface area contributed by atoms with Crippen LogP contribution >= 0.6 is 23.5 Å². The van der Waals surface area contributed by atoms with Crippen molar-refractivity contribution >= 4 is 34.3 Å². The van der Waals surface area contributed by atoms with E-state index in [1.165, 1.54) is 21.6 Å². The van der Waals surface area contributed by atoms with Crippen molar-refractivity contribution in [1.82, 2.24) is 0 Å². The maximum Gasteiger partial charge on any atom is 0.0975 e. The maximum atomic E-state index is 4.82. The van der Waals surface area contributed by atoms with Crippen LogP contribution < -0.4 is 0 Å². The molecule has 3 heteroatoms. The molecule has 1 nitrogen and oxygen atoms in total. The van der Waals surface area contributed by atoms with E-state index in [-0.39, 0.29) is 0 Å². The van der Waals surface area contributed by atoms with Crippen molar-refractivity contribution in [2.75, 3.05) is 5.75 Å². The van der Waals surface area contributed by atoms with E-state index < -0.39 is 0 Å². The minimum atomic E-state index is 0.966. The molecule has 0 radical (unpaired) electrons. The highest BCUT2D eigenvalue weighted by atomic mass is 32.2. The number of benzene rings is 2. The zero-order chi connectivity index (χ0) is 18.1. The van der Waals surface area contributed by atoms with Crippen LogP contribution in [0.15, 0.2) is 87.1 Å². The molecule has 0 spiro atoms. The third-order valence-electron chi connectivity index (χ3n) is 3.72. The maximum absolute atomic E-state index is 4.82. The molecule has 25 heavy (non-hydrogen) atoms. The van der Waals surface area contributed by atoms with Crippen molar-refractivity contribution in [3.8, 4) is 0 Å². The fraction of sp³-hybridized carbons (Fsp3) is 0.227. The van der Waals surface area contributed by atoms with E-state index >= 15 is 0 Å². The topological polar surface area (TPSA) is 12.4 Å². The Kier molecular flexibility index (Phi) is 8.10. The molecule has 0 aliphatic heterocycles. The first kappa shape index (κ1) is 19.6. The highest BCUT2D eigenvalue weighted by Crippen LogP contribution is 2.22. The zero-order valence-electron chi connectivity index (χ0n) is 15.3. The number of hydrogen-bond donors (Lipinski definition) is 0. The van der Waals surface area contributed by atoms with Gasteiger partial charge in [-0.2, -0.15) is 0 Å². The minimum Gasteiger partial charge on any atom is -0.242 e. The summed E-state index contributed by atoms with van der Waals surface area (Å²) >= 11 is 3.50. The van der Waals surface area contributed by atoms with Crippen LogP contribution in [-0.2, 0) is 0 Å². The molecule has 2 rings (SSSR count). The van der Waals surface area contributed by atoms with Crippen LogP contribution in [0.25, 0.3) is 0 Å². The van der Waals surface area contributed by atoms with Crippen molar-refractivity contribution in [3.63, 3.8) is 0 Å². The normalized spacial score (nSPS) is 11.8. The molecule has 0 aliphatic rings. The van der Waals surface area contributed by atoms with E-state index in [0.717, 1.165) is 16.5 Å². The van der Waals surface area contributed by atoms with Gasteiger partial charge in [0.05, 0.1) is 10.7 Å². The Balaban J connectivity index is 2.13. The average Bonchev–Trinajstić information content (AvgIpc) is 2.62. The van der Waals surface area contributed by atoms with Gasteiger partial charge < -0.3 is 0 Å². The Bertz CT molecular complexity index is 752. The van der Waals surface area contributed by atoms with Crippen molar-refractivity contribution in [3.05, 3.63) is 82.8 Å². The van der Waals surface area contributed by atoms with Crippen LogP contribution in [0.4, 0.5) is 5.69 Å². The van der Waals surface area contributed by atoms with Crippen molar-refractivity contribution in [1.29, 1.82) is 0 Å². The van der Waals surface area contributed by atoms with Crippen molar-refractivity contribution in [2.24, 2.45) is 4.99 Å². The lowest BCUT2D eigenvalue weighted by Gasteiger charge is -2.05. The smallest absolute Gasteiger partial charge is 0.0975 e. The number of aliphatic imine (C=N–C) groups is 1. The number of rotatable bonds is 6. The zero-order valence-corrected chi connectivity index (χ0v) is 17.0. The largest absolute Gasteiger partial charge is 0.242 e. The van der Waals surface area contributed by atoms with Gasteiger partial charge in [-0.1, -0.05) is 58.8 Å². The molecule has 0 bridgehead atoms. The summed E-state index contributed by atoms with van der Waals surface area (Å²) in [6.07, 6.45) is 2.11. The third kappa shape index (κ3) is 7.37. The lowest BCUT2D eigenvalue weighted by Crippen LogP contribution is -1.92. The summed E-state index contributed by atoms with van der Waals surface area (Å²) in [7, 11) is 0. The quantitative estimate of drug-likeness (QED) is 0.228. The monoisotopic (exact) mass is 367 g/mol. The Labute approximate surface area is 160 Å². The summed E-state index contributed by atoms with van der Waals surface area (Å²) in [4.78, 5) is 6.05. The second-order valence-electron chi connectivity index (χ2n) is 6.09. The summed E-state index contributed by atoms with van der Waals surface area (Å²) < 4.78 is 0. The van der Waals surface area contributed by atoms with Crippen LogP contribution in [0, 0.1) is 6.92 Å². The second kappa shape index (κ2) is 10.3. The van der Waals surface area contributed by atoms with Gasteiger partial charge in [-0.05, 0) is 63.4 Å². The Morgan fingerprint density at radius 3 is 2.28 bits per heavy atom. The fourth-order valence-electron chi connectivity index (χ4n) is 1.86. The number of allylic oxidation sites excluding steroid dienone is 1.